The van der Waals surface area contributed by atoms with Crippen molar-refractivity contribution in [1.29, 1.82) is 0 Å². The molecule has 3 rings (SSSR count). The second-order valence-corrected chi connectivity index (χ2v) is 5.95. The molecule has 0 bridgehead atoms. The lowest BCUT2D eigenvalue weighted by Gasteiger charge is -2.17. The maximum absolute atomic E-state index is 14.0. The van der Waals surface area contributed by atoms with E-state index in [1.54, 1.807) is 7.05 Å². The molecule has 0 aromatic heterocycles. The predicted octanol–water partition coefficient (Wildman–Crippen LogP) is 3.71. The summed E-state index contributed by atoms with van der Waals surface area (Å²) in [5.41, 5.74) is 1.15. The van der Waals surface area contributed by atoms with E-state index in [0.717, 1.165) is 17.7 Å². The van der Waals surface area contributed by atoms with Crippen molar-refractivity contribution in [2.45, 2.75) is 25.7 Å². The third-order valence-electron chi connectivity index (χ3n) is 4.16. The van der Waals surface area contributed by atoms with Crippen LogP contribution in [-0.4, -0.2) is 32.3 Å². The summed E-state index contributed by atoms with van der Waals surface area (Å²) in [5, 5.41) is 6.00. The first-order chi connectivity index (χ1) is 13.1. The third-order valence-corrected chi connectivity index (χ3v) is 4.16. The molecule has 28 heavy (non-hydrogen) atoms. The number of rotatable bonds is 6. The predicted molar refractivity (Wildman–Crippen MR) is 111 cm³/mol. The van der Waals surface area contributed by atoms with Crippen LogP contribution in [0.4, 0.5) is 13.2 Å². The van der Waals surface area contributed by atoms with Crippen LogP contribution in [0.1, 0.15) is 11.1 Å². The minimum atomic E-state index is -3.02. The van der Waals surface area contributed by atoms with Crippen molar-refractivity contribution >= 4 is 29.9 Å². The molecule has 0 spiro atoms. The molecule has 0 amide bonds. The van der Waals surface area contributed by atoms with Crippen molar-refractivity contribution < 1.29 is 22.6 Å². The number of nitrogens with zero attached hydrogens (tertiary/aromatic N) is 1. The lowest BCUT2D eigenvalue weighted by Crippen LogP contribution is -2.42. The Labute approximate surface area is 178 Å². The summed E-state index contributed by atoms with van der Waals surface area (Å²) in [4.78, 5) is 4.06. The van der Waals surface area contributed by atoms with E-state index in [-0.39, 0.29) is 47.9 Å². The summed E-state index contributed by atoms with van der Waals surface area (Å²) < 4.78 is 49.2. The Morgan fingerprint density at radius 3 is 2.71 bits per heavy atom. The fraction of sp³-hybridized carbons (Fsp3) is 0.316. The van der Waals surface area contributed by atoms with Crippen molar-refractivity contribution in [1.82, 2.24) is 10.6 Å². The zero-order valence-corrected chi connectivity index (χ0v) is 17.5. The van der Waals surface area contributed by atoms with Gasteiger partial charge in [0.1, 0.15) is 23.4 Å². The van der Waals surface area contributed by atoms with Gasteiger partial charge in [-0.15, -0.1) is 24.0 Å². The first-order valence-electron chi connectivity index (χ1n) is 8.48. The van der Waals surface area contributed by atoms with Gasteiger partial charge in [-0.25, -0.2) is 4.39 Å². The first-order valence-corrected chi connectivity index (χ1v) is 8.48. The summed E-state index contributed by atoms with van der Waals surface area (Å²) >= 11 is 0. The number of halogens is 4. The molecule has 2 aromatic rings. The lowest BCUT2D eigenvalue weighted by molar-refractivity contribution is -0.0506. The Bertz CT molecular complexity index is 796. The Morgan fingerprint density at radius 2 is 2.00 bits per heavy atom. The van der Waals surface area contributed by atoms with Gasteiger partial charge in [-0.2, -0.15) is 8.78 Å². The normalized spacial score (nSPS) is 15.5. The zero-order valence-electron chi connectivity index (χ0n) is 15.1. The topological polar surface area (TPSA) is 54.9 Å². The zero-order chi connectivity index (χ0) is 19.2. The molecule has 2 aromatic carbocycles. The van der Waals surface area contributed by atoms with Crippen molar-refractivity contribution in [3.63, 3.8) is 0 Å². The van der Waals surface area contributed by atoms with E-state index in [9.17, 15) is 13.2 Å². The van der Waals surface area contributed by atoms with E-state index in [0.29, 0.717) is 12.5 Å². The molecule has 1 atom stereocenters. The molecule has 2 N–H and O–H groups in total. The van der Waals surface area contributed by atoms with Gasteiger partial charge in [-0.3, -0.25) is 4.99 Å². The number of benzene rings is 2. The van der Waals surface area contributed by atoms with Gasteiger partial charge < -0.3 is 20.1 Å². The first kappa shape index (κ1) is 22.1. The number of alkyl halides is 2. The van der Waals surface area contributed by atoms with Crippen LogP contribution in [0.3, 0.4) is 0 Å². The number of hydrogen-bond acceptors (Lipinski definition) is 3. The standard InChI is InChI=1S/C19H20F3N3O2.HI/c1-23-19(24-10-13-9-12-5-2-3-7-16(12)26-13)25-11-14-15(20)6-4-8-17(14)27-18(21)22;/h2-8,13,18H,9-11H2,1H3,(H2,23,24,25);1H. The monoisotopic (exact) mass is 507 g/mol. The van der Waals surface area contributed by atoms with E-state index in [2.05, 4.69) is 20.4 Å². The fourth-order valence-corrected chi connectivity index (χ4v) is 2.89. The largest absolute Gasteiger partial charge is 0.488 e. The quantitative estimate of drug-likeness (QED) is 0.356. The van der Waals surface area contributed by atoms with Crippen LogP contribution in [0.15, 0.2) is 47.5 Å². The highest BCUT2D eigenvalue weighted by Gasteiger charge is 2.22. The Hall–Kier alpha value is -2.17. The van der Waals surface area contributed by atoms with Crippen LogP contribution in [-0.2, 0) is 13.0 Å². The summed E-state index contributed by atoms with van der Waals surface area (Å²) in [6.45, 7) is -2.59. The molecule has 0 radical (unpaired) electrons. The summed E-state index contributed by atoms with van der Waals surface area (Å²) in [6, 6.07) is 11.6. The molecular weight excluding hydrogens is 486 g/mol. The van der Waals surface area contributed by atoms with Gasteiger partial charge >= 0.3 is 6.61 Å². The van der Waals surface area contributed by atoms with Gasteiger partial charge in [0.05, 0.1) is 6.54 Å². The van der Waals surface area contributed by atoms with E-state index < -0.39 is 12.4 Å². The number of hydrogen-bond donors (Lipinski definition) is 2. The van der Waals surface area contributed by atoms with Crippen molar-refractivity contribution in [2.75, 3.05) is 13.6 Å². The lowest BCUT2D eigenvalue weighted by atomic mass is 10.1. The number of fused-ring (bicyclic) bond motifs is 1. The second-order valence-electron chi connectivity index (χ2n) is 5.95. The Kier molecular flexibility index (Phi) is 8.21. The summed E-state index contributed by atoms with van der Waals surface area (Å²) in [5.74, 6) is 0.432. The van der Waals surface area contributed by atoms with E-state index in [1.165, 1.54) is 18.2 Å². The van der Waals surface area contributed by atoms with Gasteiger partial charge in [0.15, 0.2) is 5.96 Å². The van der Waals surface area contributed by atoms with Crippen LogP contribution in [0.5, 0.6) is 11.5 Å². The maximum atomic E-state index is 14.0. The Balaban J connectivity index is 0.00000280. The third kappa shape index (κ3) is 5.66. The number of nitrogens with one attached hydrogen (secondary N) is 2. The molecular formula is C19H21F3IN3O2. The fourth-order valence-electron chi connectivity index (χ4n) is 2.89. The van der Waals surface area contributed by atoms with Crippen molar-refractivity contribution in [3.8, 4) is 11.5 Å². The van der Waals surface area contributed by atoms with Gasteiger partial charge in [0.2, 0.25) is 0 Å². The number of guanidine groups is 1. The summed E-state index contributed by atoms with van der Waals surface area (Å²) in [6.07, 6.45) is 0.729. The van der Waals surface area contributed by atoms with Gasteiger partial charge in [0.25, 0.3) is 0 Å². The molecule has 0 fully saturated rings. The smallest absolute Gasteiger partial charge is 0.387 e. The molecule has 152 valence electrons. The molecule has 1 heterocycles. The molecule has 1 aliphatic heterocycles. The minimum Gasteiger partial charge on any atom is -0.488 e. The molecule has 1 unspecified atom stereocenters. The van der Waals surface area contributed by atoms with Crippen LogP contribution in [0, 0.1) is 5.82 Å². The van der Waals surface area contributed by atoms with E-state index >= 15 is 0 Å². The summed E-state index contributed by atoms with van der Waals surface area (Å²) in [7, 11) is 1.57. The van der Waals surface area contributed by atoms with Crippen molar-refractivity contribution in [2.24, 2.45) is 4.99 Å². The Morgan fingerprint density at radius 1 is 1.21 bits per heavy atom. The minimum absolute atomic E-state index is 0. The van der Waals surface area contributed by atoms with Crippen molar-refractivity contribution in [3.05, 3.63) is 59.4 Å². The number of ether oxygens (including phenoxy) is 2. The SMILES string of the molecule is CN=C(NCc1c(F)cccc1OC(F)F)NCC1Cc2ccccc2O1.I. The number of aliphatic imine (C=N–C) groups is 1. The van der Waals surface area contributed by atoms with Crippen LogP contribution >= 0.6 is 24.0 Å². The second kappa shape index (κ2) is 10.4. The van der Waals surface area contributed by atoms with Crippen LogP contribution in [0.2, 0.25) is 0 Å². The number of para-hydroxylation sites is 1. The molecule has 5 nitrogen and oxygen atoms in total. The average Bonchev–Trinajstić information content (AvgIpc) is 3.06. The van der Waals surface area contributed by atoms with Crippen LogP contribution in [0.25, 0.3) is 0 Å². The van der Waals surface area contributed by atoms with Gasteiger partial charge in [-0.1, -0.05) is 24.3 Å². The molecule has 9 heteroatoms. The van der Waals surface area contributed by atoms with Gasteiger partial charge in [-0.05, 0) is 23.8 Å². The molecule has 0 aliphatic carbocycles. The van der Waals surface area contributed by atoms with E-state index in [1.807, 2.05) is 24.3 Å². The highest BCUT2D eigenvalue weighted by atomic mass is 127. The molecule has 0 saturated heterocycles. The molecule has 1 aliphatic rings. The van der Waals surface area contributed by atoms with Gasteiger partial charge in [0, 0.05) is 25.6 Å². The highest BCUT2D eigenvalue weighted by Crippen LogP contribution is 2.27. The van der Waals surface area contributed by atoms with E-state index in [4.69, 9.17) is 4.74 Å². The highest BCUT2D eigenvalue weighted by molar-refractivity contribution is 14.0. The van der Waals surface area contributed by atoms with Crippen LogP contribution < -0.4 is 20.1 Å². The maximum Gasteiger partial charge on any atom is 0.387 e. The molecule has 0 saturated carbocycles. The average molecular weight is 507 g/mol.